The van der Waals surface area contributed by atoms with Gasteiger partial charge in [0.05, 0.1) is 11.8 Å². The number of hydrogen-bond donors (Lipinski definition) is 1. The van der Waals surface area contributed by atoms with Gasteiger partial charge in [-0.15, -0.1) is 0 Å². The first-order chi connectivity index (χ1) is 8.63. The van der Waals surface area contributed by atoms with Crippen LogP contribution in [0.15, 0.2) is 24.9 Å². The number of carbonyl (C=O) groups excluding carboxylic acids is 1. The van der Waals surface area contributed by atoms with E-state index >= 15 is 0 Å². The molecule has 1 fully saturated rings. The number of likely N-dealkylation sites (tertiary alicyclic amines) is 1. The summed E-state index contributed by atoms with van der Waals surface area (Å²) in [6, 6.07) is 1.84. The Morgan fingerprint density at radius 1 is 1.61 bits per heavy atom. The first-order valence-corrected chi connectivity index (χ1v) is 6.20. The Labute approximate surface area is 107 Å². The molecule has 0 radical (unpaired) electrons. The molecule has 1 N–H and O–H groups in total. The molecule has 5 heteroatoms. The number of piperidine rings is 1. The van der Waals surface area contributed by atoms with Crippen molar-refractivity contribution in [2.75, 3.05) is 13.1 Å². The number of aliphatic hydroxyl groups excluding tert-OH is 1. The molecule has 98 valence electrons. The maximum absolute atomic E-state index is 11.5. The van der Waals surface area contributed by atoms with Crippen LogP contribution >= 0.6 is 0 Å². The van der Waals surface area contributed by atoms with Gasteiger partial charge < -0.3 is 10.0 Å². The molecule has 5 nitrogen and oxygen atoms in total. The van der Waals surface area contributed by atoms with Crippen molar-refractivity contribution >= 4 is 5.91 Å². The van der Waals surface area contributed by atoms with Crippen LogP contribution in [0.4, 0.5) is 0 Å². The van der Waals surface area contributed by atoms with Gasteiger partial charge in [-0.3, -0.25) is 9.48 Å². The third-order valence-corrected chi connectivity index (χ3v) is 3.63. The van der Waals surface area contributed by atoms with Crippen molar-refractivity contribution in [1.82, 2.24) is 14.7 Å². The summed E-state index contributed by atoms with van der Waals surface area (Å²) < 4.78 is 1.70. The van der Waals surface area contributed by atoms with Gasteiger partial charge in [0, 0.05) is 26.3 Å². The zero-order valence-corrected chi connectivity index (χ0v) is 10.6. The average Bonchev–Trinajstić information content (AvgIpc) is 2.83. The first-order valence-electron chi connectivity index (χ1n) is 6.20. The second-order valence-corrected chi connectivity index (χ2v) is 4.69. The summed E-state index contributed by atoms with van der Waals surface area (Å²) in [4.78, 5) is 13.2. The largest absolute Gasteiger partial charge is 0.387 e. The number of rotatable bonds is 3. The number of nitrogens with zero attached hydrogens (tertiary/aromatic N) is 3. The van der Waals surface area contributed by atoms with Crippen molar-refractivity contribution in [2.24, 2.45) is 13.0 Å². The van der Waals surface area contributed by atoms with Crippen LogP contribution in [0.25, 0.3) is 0 Å². The molecule has 0 saturated carbocycles. The Balaban J connectivity index is 1.96. The van der Waals surface area contributed by atoms with E-state index in [4.69, 9.17) is 0 Å². The highest BCUT2D eigenvalue weighted by Gasteiger charge is 2.28. The number of aryl methyl sites for hydroxylation is 1. The lowest BCUT2D eigenvalue weighted by Gasteiger charge is -2.33. The minimum Gasteiger partial charge on any atom is -0.387 e. The van der Waals surface area contributed by atoms with Crippen molar-refractivity contribution in [3.05, 3.63) is 30.6 Å². The lowest BCUT2D eigenvalue weighted by molar-refractivity contribution is -0.128. The molecule has 1 aliphatic heterocycles. The molecule has 2 rings (SSSR count). The van der Waals surface area contributed by atoms with Crippen LogP contribution < -0.4 is 0 Å². The summed E-state index contributed by atoms with van der Waals surface area (Å²) in [5.74, 6) is 0.165. The van der Waals surface area contributed by atoms with Crippen LogP contribution in [0.1, 0.15) is 24.6 Å². The fraction of sp³-hybridized carbons (Fsp3) is 0.538. The first kappa shape index (κ1) is 12.8. The molecule has 2 heterocycles. The van der Waals surface area contributed by atoms with E-state index in [0.717, 1.165) is 18.5 Å². The zero-order valence-electron chi connectivity index (χ0n) is 10.6. The van der Waals surface area contributed by atoms with Crippen LogP contribution in [0.3, 0.4) is 0 Å². The van der Waals surface area contributed by atoms with Gasteiger partial charge in [0.25, 0.3) is 0 Å². The van der Waals surface area contributed by atoms with Crippen LogP contribution in [0, 0.1) is 5.92 Å². The summed E-state index contributed by atoms with van der Waals surface area (Å²) in [6.45, 7) is 4.86. The predicted molar refractivity (Wildman–Crippen MR) is 67.7 cm³/mol. The molecule has 0 bridgehead atoms. The third-order valence-electron chi connectivity index (χ3n) is 3.63. The van der Waals surface area contributed by atoms with Crippen LogP contribution in [-0.4, -0.2) is 38.8 Å². The quantitative estimate of drug-likeness (QED) is 0.809. The SMILES string of the molecule is C=CC(=O)N1CCC(C(O)c2ccnn2C)CC1. The summed E-state index contributed by atoms with van der Waals surface area (Å²) in [5.41, 5.74) is 0.837. The molecule has 1 amide bonds. The minimum absolute atomic E-state index is 0.0246. The van der Waals surface area contributed by atoms with E-state index in [1.807, 2.05) is 13.1 Å². The van der Waals surface area contributed by atoms with Crippen molar-refractivity contribution in [1.29, 1.82) is 0 Å². The Morgan fingerprint density at radius 3 is 2.78 bits per heavy atom. The lowest BCUT2D eigenvalue weighted by Crippen LogP contribution is -2.39. The highest BCUT2D eigenvalue weighted by Crippen LogP contribution is 2.30. The van der Waals surface area contributed by atoms with Gasteiger partial charge in [-0.05, 0) is 30.9 Å². The second kappa shape index (κ2) is 5.35. The fourth-order valence-corrected chi connectivity index (χ4v) is 2.48. The lowest BCUT2D eigenvalue weighted by atomic mass is 9.89. The molecule has 1 aliphatic rings. The summed E-state index contributed by atoms with van der Waals surface area (Å²) in [7, 11) is 1.83. The highest BCUT2D eigenvalue weighted by atomic mass is 16.3. The van der Waals surface area contributed by atoms with E-state index in [0.29, 0.717) is 13.1 Å². The number of hydrogen-bond acceptors (Lipinski definition) is 3. The van der Waals surface area contributed by atoms with Gasteiger partial charge >= 0.3 is 0 Å². The van der Waals surface area contributed by atoms with Crippen LogP contribution in [0.2, 0.25) is 0 Å². The van der Waals surface area contributed by atoms with E-state index in [-0.39, 0.29) is 11.8 Å². The normalized spacial score (nSPS) is 18.7. The summed E-state index contributed by atoms with van der Waals surface area (Å²) >= 11 is 0. The highest BCUT2D eigenvalue weighted by molar-refractivity contribution is 5.87. The molecule has 0 spiro atoms. The Hall–Kier alpha value is -1.62. The third kappa shape index (κ3) is 2.46. The van der Waals surface area contributed by atoms with Crippen LogP contribution in [-0.2, 0) is 11.8 Å². The minimum atomic E-state index is -0.501. The van der Waals surface area contributed by atoms with E-state index in [1.54, 1.807) is 15.8 Å². The Morgan fingerprint density at radius 2 is 2.28 bits per heavy atom. The van der Waals surface area contributed by atoms with E-state index in [2.05, 4.69) is 11.7 Å². The van der Waals surface area contributed by atoms with Crippen molar-refractivity contribution in [3.63, 3.8) is 0 Å². The number of aromatic nitrogens is 2. The van der Waals surface area contributed by atoms with Gasteiger partial charge in [-0.2, -0.15) is 5.10 Å². The maximum atomic E-state index is 11.5. The number of aliphatic hydroxyl groups is 1. The molecule has 1 aromatic rings. The Kier molecular flexibility index (Phi) is 3.81. The van der Waals surface area contributed by atoms with Gasteiger partial charge in [0.15, 0.2) is 0 Å². The predicted octanol–water partition coefficient (Wildman–Crippen LogP) is 0.878. The number of amides is 1. The van der Waals surface area contributed by atoms with Gasteiger partial charge in [0.1, 0.15) is 0 Å². The standard InChI is InChI=1S/C13H19N3O2/c1-3-12(17)16-8-5-10(6-9-16)13(18)11-4-7-14-15(11)2/h3-4,7,10,13,18H,1,5-6,8-9H2,2H3. The van der Waals surface area contributed by atoms with E-state index in [9.17, 15) is 9.90 Å². The topological polar surface area (TPSA) is 58.4 Å². The van der Waals surface area contributed by atoms with E-state index < -0.39 is 6.10 Å². The molecule has 18 heavy (non-hydrogen) atoms. The summed E-state index contributed by atoms with van der Waals surface area (Å²) in [5, 5.41) is 14.4. The zero-order chi connectivity index (χ0) is 13.1. The molecular weight excluding hydrogens is 230 g/mol. The molecule has 0 aromatic carbocycles. The Bertz CT molecular complexity index is 433. The fourth-order valence-electron chi connectivity index (χ4n) is 2.48. The smallest absolute Gasteiger partial charge is 0.245 e. The summed E-state index contributed by atoms with van der Waals surface area (Å²) in [6.07, 6.45) is 4.16. The van der Waals surface area contributed by atoms with E-state index in [1.165, 1.54) is 6.08 Å². The van der Waals surface area contributed by atoms with Gasteiger partial charge in [0.2, 0.25) is 5.91 Å². The van der Waals surface area contributed by atoms with Gasteiger partial charge in [-0.1, -0.05) is 6.58 Å². The molecule has 1 atom stereocenters. The average molecular weight is 249 g/mol. The van der Waals surface area contributed by atoms with Crippen molar-refractivity contribution in [3.8, 4) is 0 Å². The van der Waals surface area contributed by atoms with Crippen LogP contribution in [0.5, 0.6) is 0 Å². The molecule has 0 aliphatic carbocycles. The monoisotopic (exact) mass is 249 g/mol. The maximum Gasteiger partial charge on any atom is 0.245 e. The second-order valence-electron chi connectivity index (χ2n) is 4.69. The molecule has 1 unspecified atom stereocenters. The van der Waals surface area contributed by atoms with Crippen molar-refractivity contribution < 1.29 is 9.90 Å². The number of carbonyl (C=O) groups is 1. The van der Waals surface area contributed by atoms with Crippen molar-refractivity contribution in [2.45, 2.75) is 18.9 Å². The molecule has 1 aromatic heterocycles. The molecular formula is C13H19N3O2. The van der Waals surface area contributed by atoms with Gasteiger partial charge in [-0.25, -0.2) is 0 Å². The molecule has 1 saturated heterocycles.